The number of hydrogen-bond donors (Lipinski definition) is 0. The average molecular weight is 932 g/mol. The van der Waals surface area contributed by atoms with E-state index in [0.29, 0.717) is 17.8 Å². The number of rotatable bonds is 29. The Hall–Kier alpha value is -4.36. The molecule has 4 aromatic rings. The second kappa shape index (κ2) is 30.4. The van der Waals surface area contributed by atoms with E-state index < -0.39 is 0 Å². The first kappa shape index (κ1) is 57.2. The highest BCUT2D eigenvalue weighted by Crippen LogP contribution is 2.40. The van der Waals surface area contributed by atoms with Gasteiger partial charge in [-0.3, -0.25) is 0 Å². The normalized spacial score (nSPS) is 15.4. The van der Waals surface area contributed by atoms with Crippen molar-refractivity contribution in [1.82, 2.24) is 0 Å². The molecule has 0 amide bonds. The van der Waals surface area contributed by atoms with Gasteiger partial charge in [-0.15, -0.1) is 0 Å². The van der Waals surface area contributed by atoms with Gasteiger partial charge in [-0.2, -0.15) is 0 Å². The predicted molar refractivity (Wildman–Crippen MR) is 308 cm³/mol. The maximum atomic E-state index is 6.06. The molecule has 69 heavy (non-hydrogen) atoms. The number of allylic oxidation sites excluding steroid dienone is 3. The molecule has 1 fully saturated rings. The van der Waals surface area contributed by atoms with Gasteiger partial charge in [0.05, 0.1) is 6.61 Å². The van der Waals surface area contributed by atoms with E-state index in [1.54, 1.807) is 22.8 Å². The van der Waals surface area contributed by atoms with Crippen molar-refractivity contribution in [2.45, 2.75) is 216 Å². The van der Waals surface area contributed by atoms with Gasteiger partial charge in [0.1, 0.15) is 5.76 Å². The van der Waals surface area contributed by atoms with E-state index in [2.05, 4.69) is 148 Å². The number of ether oxygens (including phenoxy) is 1. The number of unbranched alkanes of at least 4 members (excludes halogenated alkanes) is 5. The zero-order valence-corrected chi connectivity index (χ0v) is 45.9. The Balaban J connectivity index is 0.00000197. The maximum absolute atomic E-state index is 6.06. The van der Waals surface area contributed by atoms with E-state index in [-0.39, 0.29) is 0 Å². The van der Waals surface area contributed by atoms with Gasteiger partial charge in [-0.1, -0.05) is 217 Å². The SMILES string of the molecule is C=C(C)C(=C)OCCCc1cc(-c2ccc(-c3ccc(-c4ccc(C5CCC(CCCCC)CC5)cc4)c(CC)c3)cc2CC)cc(CCCCC)c1CCCC(C)(CC)CCCC.C=CC(=C)C. The molecule has 1 unspecified atom stereocenters. The zero-order valence-electron chi connectivity index (χ0n) is 45.9. The first-order valence-electron chi connectivity index (χ1n) is 28.1. The van der Waals surface area contributed by atoms with Crippen molar-refractivity contribution < 1.29 is 4.74 Å². The highest BCUT2D eigenvalue weighted by molar-refractivity contribution is 5.78. The van der Waals surface area contributed by atoms with Gasteiger partial charge in [0, 0.05) is 0 Å². The van der Waals surface area contributed by atoms with Crippen LogP contribution in [0.2, 0.25) is 0 Å². The summed E-state index contributed by atoms with van der Waals surface area (Å²) in [7, 11) is 0. The summed E-state index contributed by atoms with van der Waals surface area (Å²) in [6, 6.07) is 29.4. The van der Waals surface area contributed by atoms with Gasteiger partial charge in [0.15, 0.2) is 0 Å². The zero-order chi connectivity index (χ0) is 50.2. The van der Waals surface area contributed by atoms with Crippen LogP contribution in [0, 0.1) is 11.3 Å². The second-order valence-corrected chi connectivity index (χ2v) is 21.3. The molecule has 1 aliphatic rings. The molecule has 4 aromatic carbocycles. The lowest BCUT2D eigenvalue weighted by atomic mass is 9.77. The van der Waals surface area contributed by atoms with Gasteiger partial charge in [0.2, 0.25) is 0 Å². The lowest BCUT2D eigenvalue weighted by Crippen LogP contribution is -2.16. The van der Waals surface area contributed by atoms with Crippen LogP contribution in [0.25, 0.3) is 33.4 Å². The lowest BCUT2D eigenvalue weighted by Gasteiger charge is -2.29. The minimum absolute atomic E-state index is 0.433. The highest BCUT2D eigenvalue weighted by Gasteiger charge is 2.24. The van der Waals surface area contributed by atoms with E-state index in [0.717, 1.165) is 61.5 Å². The smallest absolute Gasteiger partial charge is 0.114 e. The second-order valence-electron chi connectivity index (χ2n) is 21.3. The van der Waals surface area contributed by atoms with Gasteiger partial charge in [-0.05, 0) is 193 Å². The number of aryl methyl sites for hydroxylation is 4. The van der Waals surface area contributed by atoms with E-state index in [4.69, 9.17) is 4.74 Å². The minimum atomic E-state index is 0.433. The van der Waals surface area contributed by atoms with Crippen molar-refractivity contribution in [1.29, 1.82) is 0 Å². The fraction of sp³-hybridized carbons (Fsp3) is 0.529. The van der Waals surface area contributed by atoms with Crippen LogP contribution in [0.5, 0.6) is 0 Å². The van der Waals surface area contributed by atoms with Gasteiger partial charge >= 0.3 is 0 Å². The summed E-state index contributed by atoms with van der Waals surface area (Å²) in [5.74, 6) is 2.40. The molecule has 0 spiro atoms. The molecule has 5 rings (SSSR count). The summed E-state index contributed by atoms with van der Waals surface area (Å²) in [6.07, 6.45) is 30.7. The summed E-state index contributed by atoms with van der Waals surface area (Å²) >= 11 is 0. The van der Waals surface area contributed by atoms with E-state index in [1.807, 2.05) is 13.8 Å². The Morgan fingerprint density at radius 3 is 1.61 bits per heavy atom. The molecule has 0 saturated heterocycles. The van der Waals surface area contributed by atoms with Crippen LogP contribution in [-0.4, -0.2) is 6.61 Å². The van der Waals surface area contributed by atoms with Crippen molar-refractivity contribution in [3.05, 3.63) is 155 Å². The fourth-order valence-corrected chi connectivity index (χ4v) is 10.7. The molecule has 0 radical (unpaired) electrons. The van der Waals surface area contributed by atoms with E-state index >= 15 is 0 Å². The molecule has 376 valence electrons. The first-order valence-corrected chi connectivity index (χ1v) is 28.1. The van der Waals surface area contributed by atoms with Crippen LogP contribution >= 0.6 is 0 Å². The van der Waals surface area contributed by atoms with E-state index in [9.17, 15) is 0 Å². The van der Waals surface area contributed by atoms with E-state index in [1.165, 1.54) is 159 Å². The highest BCUT2D eigenvalue weighted by atomic mass is 16.5. The summed E-state index contributed by atoms with van der Waals surface area (Å²) in [5.41, 5.74) is 19.6. The molecule has 1 aliphatic carbocycles. The summed E-state index contributed by atoms with van der Waals surface area (Å²) in [5, 5.41) is 0. The van der Waals surface area contributed by atoms with Crippen molar-refractivity contribution in [2.24, 2.45) is 11.3 Å². The lowest BCUT2D eigenvalue weighted by molar-refractivity contribution is 0.217. The topological polar surface area (TPSA) is 9.23 Å². The molecule has 1 heteroatoms. The van der Waals surface area contributed by atoms with Crippen molar-refractivity contribution in [3.8, 4) is 33.4 Å². The maximum Gasteiger partial charge on any atom is 0.114 e. The average Bonchev–Trinajstić information content (AvgIpc) is 3.37. The van der Waals surface area contributed by atoms with Crippen molar-refractivity contribution in [3.63, 3.8) is 0 Å². The summed E-state index contributed by atoms with van der Waals surface area (Å²) < 4.78 is 6.06. The Morgan fingerprint density at radius 1 is 0.580 bits per heavy atom. The Kier molecular flexibility index (Phi) is 25.2. The number of benzene rings is 4. The molecule has 0 N–H and O–H groups in total. The molecule has 1 atom stereocenters. The quantitative estimate of drug-likeness (QED) is 0.0299. The molecule has 0 bridgehead atoms. The molecule has 1 saturated carbocycles. The molecule has 1 nitrogen and oxygen atoms in total. The summed E-state index contributed by atoms with van der Waals surface area (Å²) in [4.78, 5) is 0. The molecule has 0 aliphatic heterocycles. The molecule has 0 heterocycles. The van der Waals surface area contributed by atoms with Crippen LogP contribution in [0.3, 0.4) is 0 Å². The molecular weight excluding hydrogens is 833 g/mol. The third-order valence-electron chi connectivity index (χ3n) is 15.7. The largest absolute Gasteiger partial charge is 0.494 e. The van der Waals surface area contributed by atoms with Gasteiger partial charge < -0.3 is 4.74 Å². The minimum Gasteiger partial charge on any atom is -0.494 e. The molecule has 0 aromatic heterocycles. The fourth-order valence-electron chi connectivity index (χ4n) is 10.7. The van der Waals surface area contributed by atoms with Gasteiger partial charge in [-0.25, -0.2) is 0 Å². The van der Waals surface area contributed by atoms with Gasteiger partial charge in [0.25, 0.3) is 0 Å². The number of hydrogen-bond acceptors (Lipinski definition) is 1. The van der Waals surface area contributed by atoms with Crippen LogP contribution in [-0.2, 0) is 36.8 Å². The van der Waals surface area contributed by atoms with Crippen molar-refractivity contribution >= 4 is 0 Å². The summed E-state index contributed by atoms with van der Waals surface area (Å²) in [6.45, 7) is 36.3. The van der Waals surface area contributed by atoms with Crippen molar-refractivity contribution in [2.75, 3.05) is 6.61 Å². The Morgan fingerprint density at radius 2 is 1.09 bits per heavy atom. The molecular formula is C68H98O. The third kappa shape index (κ3) is 18.1. The van der Waals surface area contributed by atoms with Crippen LogP contribution in [0.4, 0.5) is 0 Å². The van der Waals surface area contributed by atoms with Crippen LogP contribution in [0.15, 0.2) is 122 Å². The standard InChI is InChI=1S/C63H90O.C5H8/c1-11-17-20-24-49-28-30-52(31-29-49)53-32-34-54(35-33-53)61-38-36-55(43-50(61)14-4)56-37-39-62(51(15-5)44-56)59-45-57(25-21-18-12-2)60(27-22-41-63(10,16-6)40-19-13-3)58(46-59)26-23-42-64-48(9)47(7)8;1-4-5(2)3/h32-39,43-46,49,52H,7,9,11-31,40-42H2,1-6,8,10H3;4H,1-2H2,3H3. The third-order valence-corrected chi connectivity index (χ3v) is 15.7. The predicted octanol–water partition coefficient (Wildman–Crippen LogP) is 21.1. The monoisotopic (exact) mass is 931 g/mol. The van der Waals surface area contributed by atoms with Crippen LogP contribution in [0.1, 0.15) is 217 Å². The Labute approximate surface area is 425 Å². The van der Waals surface area contributed by atoms with Crippen LogP contribution < -0.4 is 0 Å². The first-order chi connectivity index (χ1) is 33.3. The Bertz CT molecular complexity index is 2190.